The molecule has 144 valence electrons. The van der Waals surface area contributed by atoms with Gasteiger partial charge in [-0.05, 0) is 74.2 Å². The third-order valence-electron chi connectivity index (χ3n) is 8.25. The lowest BCUT2D eigenvalue weighted by Crippen LogP contribution is -2.57. The van der Waals surface area contributed by atoms with Crippen LogP contribution in [0.2, 0.25) is 0 Å². The number of hydrogen-bond donors (Lipinski definition) is 1. The molecule has 4 aliphatic carbocycles. The Hall–Kier alpha value is -1.84. The van der Waals surface area contributed by atoms with E-state index in [9.17, 15) is 9.59 Å². The Kier molecular flexibility index (Phi) is 4.06. The molecule has 6 rings (SSSR count). The van der Waals surface area contributed by atoms with Crippen LogP contribution >= 0.6 is 0 Å². The largest absolute Gasteiger partial charge is 0.368 e. The number of nitrogens with two attached hydrogens (primary N) is 1. The van der Waals surface area contributed by atoms with E-state index in [0.717, 1.165) is 24.7 Å². The van der Waals surface area contributed by atoms with Gasteiger partial charge in [0.15, 0.2) is 0 Å². The van der Waals surface area contributed by atoms with Crippen LogP contribution in [0.4, 0.5) is 0 Å². The Balaban J connectivity index is 1.50. The number of hydrogen-bond acceptors (Lipinski definition) is 2. The molecule has 4 nitrogen and oxygen atoms in total. The second-order valence-corrected chi connectivity index (χ2v) is 9.54. The SMILES string of the molecule is NC(=O)[C@H]1CCCN1C(=O)CC1(c2ccccc2)C2CC3CC(C2)CC1C3. The van der Waals surface area contributed by atoms with Crippen LogP contribution in [-0.2, 0) is 15.0 Å². The molecule has 1 aromatic carbocycles. The molecule has 1 heterocycles. The molecule has 4 bridgehead atoms. The molecule has 0 radical (unpaired) electrons. The number of rotatable bonds is 4. The minimum Gasteiger partial charge on any atom is -0.368 e. The van der Waals surface area contributed by atoms with Crippen molar-refractivity contribution in [2.75, 3.05) is 6.54 Å². The maximum Gasteiger partial charge on any atom is 0.240 e. The molecule has 4 saturated carbocycles. The maximum atomic E-state index is 13.4. The molecule has 1 saturated heterocycles. The van der Waals surface area contributed by atoms with Crippen LogP contribution in [0.1, 0.15) is 56.9 Å². The van der Waals surface area contributed by atoms with Crippen molar-refractivity contribution < 1.29 is 9.59 Å². The first-order chi connectivity index (χ1) is 13.1. The second-order valence-electron chi connectivity index (χ2n) is 9.54. The lowest BCUT2D eigenvalue weighted by Gasteiger charge is -2.61. The number of primary amides is 1. The van der Waals surface area contributed by atoms with E-state index in [1.54, 1.807) is 4.90 Å². The van der Waals surface area contributed by atoms with E-state index in [2.05, 4.69) is 30.3 Å². The minimum absolute atomic E-state index is 0.0451. The molecule has 5 aliphatic rings. The van der Waals surface area contributed by atoms with Crippen molar-refractivity contribution in [3.05, 3.63) is 35.9 Å². The summed E-state index contributed by atoms with van der Waals surface area (Å²) in [5, 5.41) is 0. The summed E-state index contributed by atoms with van der Waals surface area (Å²) < 4.78 is 0. The van der Waals surface area contributed by atoms with Gasteiger partial charge < -0.3 is 10.6 Å². The highest BCUT2D eigenvalue weighted by Gasteiger charge is 2.58. The van der Waals surface area contributed by atoms with E-state index in [4.69, 9.17) is 5.73 Å². The Morgan fingerprint density at radius 1 is 1.00 bits per heavy atom. The van der Waals surface area contributed by atoms with Crippen molar-refractivity contribution in [1.82, 2.24) is 4.90 Å². The zero-order valence-electron chi connectivity index (χ0n) is 16.0. The Morgan fingerprint density at radius 3 is 2.22 bits per heavy atom. The zero-order chi connectivity index (χ0) is 18.6. The Bertz CT molecular complexity index is 716. The van der Waals surface area contributed by atoms with Gasteiger partial charge in [0.1, 0.15) is 6.04 Å². The first-order valence-corrected chi connectivity index (χ1v) is 10.7. The second kappa shape index (κ2) is 6.35. The fourth-order valence-corrected chi connectivity index (χ4v) is 7.35. The summed E-state index contributed by atoms with van der Waals surface area (Å²) in [6.07, 6.45) is 8.65. The van der Waals surface area contributed by atoms with Gasteiger partial charge in [-0.2, -0.15) is 0 Å². The van der Waals surface area contributed by atoms with Crippen LogP contribution in [0.15, 0.2) is 30.3 Å². The van der Waals surface area contributed by atoms with Crippen molar-refractivity contribution in [3.63, 3.8) is 0 Å². The summed E-state index contributed by atoms with van der Waals surface area (Å²) in [6.45, 7) is 0.678. The van der Waals surface area contributed by atoms with Crippen molar-refractivity contribution in [1.29, 1.82) is 0 Å². The van der Waals surface area contributed by atoms with E-state index in [1.165, 1.54) is 37.7 Å². The molecule has 1 aromatic rings. The van der Waals surface area contributed by atoms with E-state index in [0.29, 0.717) is 24.8 Å². The van der Waals surface area contributed by atoms with Gasteiger partial charge in [-0.1, -0.05) is 30.3 Å². The van der Waals surface area contributed by atoms with Gasteiger partial charge in [-0.15, -0.1) is 0 Å². The maximum absolute atomic E-state index is 13.4. The summed E-state index contributed by atoms with van der Waals surface area (Å²) in [5.74, 6) is 2.74. The highest BCUT2D eigenvalue weighted by Crippen LogP contribution is 2.64. The summed E-state index contributed by atoms with van der Waals surface area (Å²) in [6, 6.07) is 10.4. The van der Waals surface area contributed by atoms with Gasteiger partial charge in [0, 0.05) is 18.4 Å². The lowest BCUT2D eigenvalue weighted by atomic mass is 9.43. The van der Waals surface area contributed by atoms with Crippen molar-refractivity contribution in [3.8, 4) is 0 Å². The molecule has 0 spiro atoms. The molecule has 5 fully saturated rings. The molecule has 2 amide bonds. The van der Waals surface area contributed by atoms with Crippen LogP contribution in [0, 0.1) is 23.7 Å². The molecule has 2 N–H and O–H groups in total. The predicted octanol–water partition coefficient (Wildman–Crippen LogP) is 3.25. The van der Waals surface area contributed by atoms with Crippen LogP contribution in [0.25, 0.3) is 0 Å². The van der Waals surface area contributed by atoms with Crippen LogP contribution in [-0.4, -0.2) is 29.3 Å². The fourth-order valence-electron chi connectivity index (χ4n) is 7.35. The predicted molar refractivity (Wildman–Crippen MR) is 104 cm³/mol. The molecule has 1 aliphatic heterocycles. The first-order valence-electron chi connectivity index (χ1n) is 10.7. The van der Waals surface area contributed by atoms with Crippen molar-refractivity contribution >= 4 is 11.8 Å². The number of benzene rings is 1. The lowest BCUT2D eigenvalue weighted by molar-refractivity contribution is -0.143. The van der Waals surface area contributed by atoms with Crippen molar-refractivity contribution in [2.24, 2.45) is 29.4 Å². The van der Waals surface area contributed by atoms with Crippen LogP contribution in [0.3, 0.4) is 0 Å². The van der Waals surface area contributed by atoms with Gasteiger partial charge in [0.2, 0.25) is 11.8 Å². The summed E-state index contributed by atoms with van der Waals surface area (Å²) in [4.78, 5) is 27.1. The van der Waals surface area contributed by atoms with Crippen LogP contribution < -0.4 is 5.73 Å². The standard InChI is InChI=1S/C23H30N2O2/c24-22(27)20-7-4-8-25(20)21(26)14-23(17-5-2-1-3-6-17)18-10-15-9-16(12-18)13-19(23)11-15/h1-3,5-6,15-16,18-20H,4,7-14H2,(H2,24,27)/t15?,16?,18?,19?,20-,23?/m1/s1. The third-order valence-corrected chi connectivity index (χ3v) is 8.25. The summed E-state index contributed by atoms with van der Waals surface area (Å²) in [7, 11) is 0. The Labute approximate surface area is 161 Å². The molecule has 0 aromatic heterocycles. The number of nitrogens with zero attached hydrogens (tertiary/aromatic N) is 1. The molecule has 0 unspecified atom stereocenters. The van der Waals surface area contributed by atoms with Crippen LogP contribution in [0.5, 0.6) is 0 Å². The van der Waals surface area contributed by atoms with Gasteiger partial charge >= 0.3 is 0 Å². The van der Waals surface area contributed by atoms with E-state index in [-0.39, 0.29) is 17.2 Å². The molecule has 1 atom stereocenters. The highest BCUT2D eigenvalue weighted by molar-refractivity contribution is 5.87. The highest BCUT2D eigenvalue weighted by atomic mass is 16.2. The van der Waals surface area contributed by atoms with Gasteiger partial charge in [0.05, 0.1) is 0 Å². The number of amides is 2. The van der Waals surface area contributed by atoms with Gasteiger partial charge in [-0.25, -0.2) is 0 Å². The smallest absolute Gasteiger partial charge is 0.240 e. The zero-order valence-corrected chi connectivity index (χ0v) is 16.0. The van der Waals surface area contributed by atoms with Gasteiger partial charge in [-0.3, -0.25) is 9.59 Å². The molecule has 4 heteroatoms. The van der Waals surface area contributed by atoms with E-state index >= 15 is 0 Å². The average Bonchev–Trinajstić information content (AvgIpc) is 3.15. The average molecular weight is 367 g/mol. The molecule has 27 heavy (non-hydrogen) atoms. The fraction of sp³-hybridized carbons (Fsp3) is 0.652. The van der Waals surface area contributed by atoms with Gasteiger partial charge in [0.25, 0.3) is 0 Å². The number of likely N-dealkylation sites (tertiary alicyclic amines) is 1. The number of carbonyl (C=O) groups is 2. The Morgan fingerprint density at radius 2 is 1.63 bits per heavy atom. The third kappa shape index (κ3) is 2.63. The van der Waals surface area contributed by atoms with E-state index in [1.807, 2.05) is 0 Å². The molecular formula is C23H30N2O2. The topological polar surface area (TPSA) is 63.4 Å². The van der Waals surface area contributed by atoms with Crippen molar-refractivity contribution in [2.45, 2.75) is 62.8 Å². The first kappa shape index (κ1) is 17.3. The number of carbonyl (C=O) groups excluding carboxylic acids is 2. The quantitative estimate of drug-likeness (QED) is 0.889. The summed E-state index contributed by atoms with van der Waals surface area (Å²) >= 11 is 0. The van der Waals surface area contributed by atoms with E-state index < -0.39 is 6.04 Å². The monoisotopic (exact) mass is 366 g/mol. The normalized spacial score (nSPS) is 39.7. The minimum atomic E-state index is -0.401. The summed E-state index contributed by atoms with van der Waals surface area (Å²) in [5.41, 5.74) is 6.89. The molecular weight excluding hydrogens is 336 g/mol.